The third kappa shape index (κ3) is 2.95. The monoisotopic (exact) mass is 236 g/mol. The summed E-state index contributed by atoms with van der Waals surface area (Å²) in [4.78, 5) is 10.2. The average Bonchev–Trinajstić information content (AvgIpc) is 2.16. The van der Waals surface area contributed by atoms with Crippen molar-refractivity contribution in [1.29, 1.82) is 0 Å². The molecule has 1 N–H and O–H groups in total. The zero-order valence-corrected chi connectivity index (χ0v) is 7.96. The molecular weight excluding hydrogens is 228 g/mol. The molecule has 1 atom stereocenters. The summed E-state index contributed by atoms with van der Waals surface area (Å²) in [6.45, 7) is 0. The lowest BCUT2D eigenvalue weighted by molar-refractivity contribution is -0.144. The third-order valence-electron chi connectivity index (χ3n) is 1.99. The predicted octanol–water partition coefficient (Wildman–Crippen LogP) is 2.67. The normalized spacial score (nSPS) is 13.5. The number of hydrogen-bond donors (Lipinski definition) is 1. The molecule has 1 unspecified atom stereocenters. The lowest BCUT2D eigenvalue weighted by Crippen LogP contribution is -2.19. The Balaban J connectivity index is 3.01. The second-order valence-electron chi connectivity index (χ2n) is 3.16. The van der Waals surface area contributed by atoms with Crippen LogP contribution in [0, 0.1) is 0 Å². The van der Waals surface area contributed by atoms with Gasteiger partial charge in [0.1, 0.15) is 0 Å². The van der Waals surface area contributed by atoms with Crippen molar-refractivity contribution in [3.63, 3.8) is 0 Å². The maximum atomic E-state index is 12.8. The first kappa shape index (κ1) is 12.5. The average molecular weight is 236 g/mol. The van der Waals surface area contributed by atoms with Crippen LogP contribution in [0.25, 0.3) is 0 Å². The molecular formula is C10H8F4O2. The van der Waals surface area contributed by atoms with Crippen LogP contribution in [0.2, 0.25) is 0 Å². The van der Waals surface area contributed by atoms with E-state index < -0.39 is 30.3 Å². The van der Waals surface area contributed by atoms with E-state index in [0.717, 1.165) is 12.1 Å². The highest BCUT2D eigenvalue weighted by Gasteiger charge is 2.34. The molecule has 0 heterocycles. The molecule has 0 bridgehead atoms. The topological polar surface area (TPSA) is 37.3 Å². The van der Waals surface area contributed by atoms with Crippen LogP contribution in [0.15, 0.2) is 24.3 Å². The van der Waals surface area contributed by atoms with Gasteiger partial charge in [-0.3, -0.25) is 0 Å². The molecule has 0 aliphatic carbocycles. The number of rotatable bonds is 3. The van der Waals surface area contributed by atoms with Crippen LogP contribution in [0.1, 0.15) is 11.1 Å². The molecule has 0 aliphatic heterocycles. The van der Waals surface area contributed by atoms with Crippen molar-refractivity contribution in [2.45, 2.75) is 18.8 Å². The van der Waals surface area contributed by atoms with Crippen LogP contribution < -0.4 is 0 Å². The highest BCUT2D eigenvalue weighted by Crippen LogP contribution is 2.32. The number of halogens is 4. The van der Waals surface area contributed by atoms with Crippen molar-refractivity contribution in [3.8, 4) is 0 Å². The van der Waals surface area contributed by atoms with E-state index in [0.29, 0.717) is 0 Å². The van der Waals surface area contributed by atoms with Gasteiger partial charge < -0.3 is 5.11 Å². The first-order valence-corrected chi connectivity index (χ1v) is 4.34. The molecule has 88 valence electrons. The minimum Gasteiger partial charge on any atom is -0.479 e. The van der Waals surface area contributed by atoms with Crippen molar-refractivity contribution in [3.05, 3.63) is 35.4 Å². The molecule has 2 nitrogen and oxygen atoms in total. The molecule has 1 aromatic rings. The summed E-state index contributed by atoms with van der Waals surface area (Å²) >= 11 is 0. The Kier molecular flexibility index (Phi) is 3.51. The van der Waals surface area contributed by atoms with Crippen molar-refractivity contribution in [2.75, 3.05) is 0 Å². The predicted molar refractivity (Wildman–Crippen MR) is 47.7 cm³/mol. The van der Waals surface area contributed by atoms with Gasteiger partial charge in [-0.1, -0.05) is 18.2 Å². The summed E-state index contributed by atoms with van der Waals surface area (Å²) in [6.07, 6.45) is -7.72. The van der Waals surface area contributed by atoms with Gasteiger partial charge in [-0.2, -0.15) is 13.2 Å². The van der Waals surface area contributed by atoms with E-state index in [1.54, 1.807) is 0 Å². The van der Waals surface area contributed by atoms with Gasteiger partial charge in [-0.05, 0) is 11.6 Å². The molecule has 0 radical (unpaired) electrons. The van der Waals surface area contributed by atoms with E-state index in [4.69, 9.17) is 5.11 Å². The van der Waals surface area contributed by atoms with E-state index in [9.17, 15) is 22.4 Å². The molecule has 0 spiro atoms. The quantitative estimate of drug-likeness (QED) is 0.819. The maximum absolute atomic E-state index is 12.8. The lowest BCUT2D eigenvalue weighted by Gasteiger charge is -2.12. The Morgan fingerprint density at radius 1 is 1.31 bits per heavy atom. The zero-order valence-electron chi connectivity index (χ0n) is 7.96. The second-order valence-corrected chi connectivity index (χ2v) is 3.16. The van der Waals surface area contributed by atoms with Crippen LogP contribution in [-0.4, -0.2) is 17.2 Å². The molecule has 0 saturated carbocycles. The smallest absolute Gasteiger partial charge is 0.416 e. The van der Waals surface area contributed by atoms with Crippen molar-refractivity contribution in [2.24, 2.45) is 0 Å². The number of carbonyl (C=O) groups is 1. The van der Waals surface area contributed by atoms with E-state index in [1.165, 1.54) is 12.1 Å². The molecule has 0 aromatic heterocycles. The van der Waals surface area contributed by atoms with Gasteiger partial charge in [0.15, 0.2) is 0 Å². The summed E-state index contributed by atoms with van der Waals surface area (Å²) in [6, 6.07) is 4.34. The minimum absolute atomic E-state index is 0.357. The van der Waals surface area contributed by atoms with Gasteiger partial charge in [0.25, 0.3) is 0 Å². The van der Waals surface area contributed by atoms with Crippen LogP contribution >= 0.6 is 0 Å². The van der Waals surface area contributed by atoms with Crippen LogP contribution in [0.4, 0.5) is 17.6 Å². The number of aliphatic carboxylic acids is 1. The van der Waals surface area contributed by atoms with Crippen molar-refractivity contribution < 1.29 is 27.5 Å². The molecule has 0 aliphatic rings. The Morgan fingerprint density at radius 3 is 2.38 bits per heavy atom. The van der Waals surface area contributed by atoms with Gasteiger partial charge in [-0.15, -0.1) is 0 Å². The largest absolute Gasteiger partial charge is 0.479 e. The SMILES string of the molecule is O=C(O)C(F)Cc1ccccc1C(F)(F)F. The van der Waals surface area contributed by atoms with E-state index >= 15 is 0 Å². The highest BCUT2D eigenvalue weighted by atomic mass is 19.4. The van der Waals surface area contributed by atoms with Crippen molar-refractivity contribution in [1.82, 2.24) is 0 Å². The molecule has 1 aromatic carbocycles. The molecule has 1 rings (SSSR count). The Labute approximate surface area is 88.5 Å². The fourth-order valence-electron chi connectivity index (χ4n) is 1.26. The van der Waals surface area contributed by atoms with Gasteiger partial charge in [0, 0.05) is 6.42 Å². The number of alkyl halides is 4. The number of hydrogen-bond acceptors (Lipinski definition) is 1. The van der Waals surface area contributed by atoms with E-state index in [2.05, 4.69) is 0 Å². The Morgan fingerprint density at radius 2 is 1.88 bits per heavy atom. The van der Waals surface area contributed by atoms with E-state index in [1.807, 2.05) is 0 Å². The molecule has 0 fully saturated rings. The summed E-state index contributed by atoms with van der Waals surface area (Å²) in [7, 11) is 0. The maximum Gasteiger partial charge on any atom is 0.416 e. The fraction of sp³-hybridized carbons (Fsp3) is 0.300. The fourth-order valence-corrected chi connectivity index (χ4v) is 1.26. The van der Waals surface area contributed by atoms with Crippen LogP contribution in [0.5, 0.6) is 0 Å². The second kappa shape index (κ2) is 4.51. The van der Waals surface area contributed by atoms with Crippen LogP contribution in [0.3, 0.4) is 0 Å². The zero-order chi connectivity index (χ0) is 12.3. The lowest BCUT2D eigenvalue weighted by atomic mass is 10.0. The molecule has 6 heteroatoms. The van der Waals surface area contributed by atoms with Gasteiger partial charge in [0.2, 0.25) is 6.17 Å². The first-order chi connectivity index (χ1) is 7.32. The highest BCUT2D eigenvalue weighted by molar-refractivity contribution is 5.72. The van der Waals surface area contributed by atoms with Crippen molar-refractivity contribution >= 4 is 5.97 Å². The summed E-state index contributed by atoms with van der Waals surface area (Å²) in [5.74, 6) is -1.77. The standard InChI is InChI=1S/C10H8F4O2/c11-8(9(15)16)5-6-3-1-2-4-7(6)10(12,13)14/h1-4,8H,5H2,(H,15,16). The van der Waals surface area contributed by atoms with Gasteiger partial charge in [-0.25, -0.2) is 9.18 Å². The summed E-state index contributed by atoms with van der Waals surface area (Å²) in [5, 5.41) is 8.28. The van der Waals surface area contributed by atoms with Gasteiger partial charge in [0.05, 0.1) is 5.56 Å². The first-order valence-electron chi connectivity index (χ1n) is 4.34. The molecule has 16 heavy (non-hydrogen) atoms. The summed E-state index contributed by atoms with van der Waals surface area (Å²) in [5.41, 5.74) is -1.36. The number of carboxylic acid groups (broad SMARTS) is 1. The Bertz CT molecular complexity index is 387. The third-order valence-corrected chi connectivity index (χ3v) is 1.99. The van der Waals surface area contributed by atoms with E-state index in [-0.39, 0.29) is 5.56 Å². The molecule has 0 amide bonds. The molecule has 0 saturated heterocycles. The van der Waals surface area contributed by atoms with Gasteiger partial charge >= 0.3 is 12.1 Å². The number of carboxylic acids is 1. The minimum atomic E-state index is -4.60. The number of benzene rings is 1. The van der Waals surface area contributed by atoms with Crippen LogP contribution in [-0.2, 0) is 17.4 Å². The Hall–Kier alpha value is -1.59. The summed E-state index contributed by atoms with van der Waals surface area (Å²) < 4.78 is 50.1.